The number of halogens is 1. The molecule has 0 saturated carbocycles. The van der Waals surface area contributed by atoms with Crippen LogP contribution in [0.3, 0.4) is 0 Å². The molecule has 0 unspecified atom stereocenters. The van der Waals surface area contributed by atoms with Gasteiger partial charge < -0.3 is 9.30 Å². The number of pyridine rings is 1. The highest BCUT2D eigenvalue weighted by Gasteiger charge is 2.26. The molecule has 29 heavy (non-hydrogen) atoms. The summed E-state index contributed by atoms with van der Waals surface area (Å²) in [5.41, 5.74) is 3.36. The van der Waals surface area contributed by atoms with Crippen LogP contribution in [0.5, 0.6) is 0 Å². The van der Waals surface area contributed by atoms with Gasteiger partial charge in [-0.25, -0.2) is 4.98 Å². The molecule has 0 radical (unpaired) electrons. The van der Waals surface area contributed by atoms with Crippen LogP contribution >= 0.6 is 15.9 Å². The lowest BCUT2D eigenvalue weighted by Crippen LogP contribution is -2.27. The van der Waals surface area contributed by atoms with Gasteiger partial charge in [0, 0.05) is 24.2 Å². The second kappa shape index (κ2) is 7.25. The highest BCUT2D eigenvalue weighted by Crippen LogP contribution is 2.34. The number of rotatable bonds is 3. The molecule has 146 valence electrons. The van der Waals surface area contributed by atoms with Crippen molar-refractivity contribution in [3.63, 3.8) is 0 Å². The maximum absolute atomic E-state index is 9.40. The van der Waals surface area contributed by atoms with Crippen molar-refractivity contribution in [1.29, 1.82) is 5.26 Å². The van der Waals surface area contributed by atoms with Crippen molar-refractivity contribution < 1.29 is 4.74 Å². The highest BCUT2D eigenvalue weighted by molar-refractivity contribution is 9.10. The van der Waals surface area contributed by atoms with E-state index in [1.54, 1.807) is 6.07 Å². The molecular formula is C21H19BrN6O. The van der Waals surface area contributed by atoms with Crippen molar-refractivity contribution in [3.05, 3.63) is 52.7 Å². The fourth-order valence-corrected chi connectivity index (χ4v) is 4.50. The molecule has 7 nitrogen and oxygen atoms in total. The van der Waals surface area contributed by atoms with E-state index in [9.17, 15) is 5.26 Å². The van der Waals surface area contributed by atoms with Gasteiger partial charge in [-0.3, -0.25) is 9.67 Å². The van der Waals surface area contributed by atoms with Gasteiger partial charge in [-0.15, -0.1) is 0 Å². The summed E-state index contributed by atoms with van der Waals surface area (Å²) in [7, 11) is 0. The van der Waals surface area contributed by atoms with E-state index >= 15 is 0 Å². The number of hydrogen-bond acceptors (Lipinski definition) is 5. The molecule has 2 atom stereocenters. The first-order valence-electron chi connectivity index (χ1n) is 9.62. The van der Waals surface area contributed by atoms with Crippen LogP contribution in [0.25, 0.3) is 21.9 Å². The van der Waals surface area contributed by atoms with Gasteiger partial charge in [0.1, 0.15) is 15.9 Å². The third-order valence-corrected chi connectivity index (χ3v) is 5.87. The molecule has 3 aromatic heterocycles. The first-order valence-corrected chi connectivity index (χ1v) is 10.4. The summed E-state index contributed by atoms with van der Waals surface area (Å²) in [5, 5.41) is 14.8. The Hall–Kier alpha value is -2.76. The zero-order valence-electron chi connectivity index (χ0n) is 15.9. The number of hydrogen-bond donors (Lipinski definition) is 0. The van der Waals surface area contributed by atoms with Crippen LogP contribution in [-0.4, -0.2) is 37.0 Å². The summed E-state index contributed by atoms with van der Waals surface area (Å²) < 4.78 is 10.8. The lowest BCUT2D eigenvalue weighted by Gasteiger charge is -2.30. The second-order valence-electron chi connectivity index (χ2n) is 7.43. The first kappa shape index (κ1) is 18.3. The number of fused-ring (bicyclic) bond motifs is 3. The van der Waals surface area contributed by atoms with Crippen molar-refractivity contribution in [2.75, 3.05) is 6.61 Å². The molecule has 0 amide bonds. The van der Waals surface area contributed by atoms with Gasteiger partial charge in [0.15, 0.2) is 0 Å². The Morgan fingerprint density at radius 2 is 2.21 bits per heavy atom. The highest BCUT2D eigenvalue weighted by atomic mass is 79.9. The molecule has 1 aliphatic heterocycles. The van der Waals surface area contributed by atoms with Crippen LogP contribution in [0.2, 0.25) is 0 Å². The van der Waals surface area contributed by atoms with E-state index in [2.05, 4.69) is 43.6 Å². The summed E-state index contributed by atoms with van der Waals surface area (Å²) in [4.78, 5) is 9.49. The predicted molar refractivity (Wildman–Crippen MR) is 112 cm³/mol. The largest absolute Gasteiger partial charge is 0.378 e. The van der Waals surface area contributed by atoms with Crippen molar-refractivity contribution in [1.82, 2.24) is 24.3 Å². The Morgan fingerprint density at radius 1 is 1.31 bits per heavy atom. The lowest BCUT2D eigenvalue weighted by molar-refractivity contribution is 0.00619. The minimum atomic E-state index is 0.195. The molecule has 0 aliphatic carbocycles. The van der Waals surface area contributed by atoms with Gasteiger partial charge >= 0.3 is 0 Å². The summed E-state index contributed by atoms with van der Waals surface area (Å²) >= 11 is 3.42. The van der Waals surface area contributed by atoms with Gasteiger partial charge in [-0.2, -0.15) is 10.4 Å². The number of ether oxygens (including phenoxy) is 1. The monoisotopic (exact) mass is 450 g/mol. The van der Waals surface area contributed by atoms with E-state index in [1.807, 2.05) is 35.3 Å². The van der Waals surface area contributed by atoms with Crippen LogP contribution in [0.15, 0.2) is 41.3 Å². The third kappa shape index (κ3) is 3.30. The van der Waals surface area contributed by atoms with Crippen molar-refractivity contribution in [2.24, 2.45) is 0 Å². The predicted octanol–water partition coefficient (Wildman–Crippen LogP) is 4.20. The van der Waals surface area contributed by atoms with E-state index in [0.29, 0.717) is 12.1 Å². The van der Waals surface area contributed by atoms with Gasteiger partial charge in [-0.05, 0) is 60.0 Å². The molecule has 4 aromatic rings. The average Bonchev–Trinajstić information content (AvgIpc) is 3.30. The second-order valence-corrected chi connectivity index (χ2v) is 8.24. The fraction of sp³-hybridized carbons (Fsp3) is 0.333. The molecular weight excluding hydrogens is 432 g/mol. The molecule has 1 fully saturated rings. The zero-order chi connectivity index (χ0) is 20.0. The summed E-state index contributed by atoms with van der Waals surface area (Å²) in [5.74, 6) is 0.936. The molecule has 0 bridgehead atoms. The Morgan fingerprint density at radius 3 is 2.97 bits per heavy atom. The molecule has 4 heterocycles. The van der Waals surface area contributed by atoms with E-state index in [1.165, 1.54) is 0 Å². The Bertz CT molecular complexity index is 1250. The van der Waals surface area contributed by atoms with Crippen LogP contribution < -0.4 is 0 Å². The minimum absolute atomic E-state index is 0.195. The molecule has 1 aliphatic rings. The SMILES string of the molecule is C[C@@H]1C[C@H](n2c(Cn3ccc(Br)n3)nc3cnc4ccc(C#N)cc4c32)CCO1. The number of benzene rings is 1. The zero-order valence-corrected chi connectivity index (χ0v) is 17.5. The van der Waals surface area contributed by atoms with Gasteiger partial charge in [0.25, 0.3) is 0 Å². The molecule has 0 N–H and O–H groups in total. The van der Waals surface area contributed by atoms with Gasteiger partial charge in [0.05, 0.1) is 41.5 Å². The normalized spacial score (nSPS) is 19.6. The van der Waals surface area contributed by atoms with Crippen molar-refractivity contribution >= 4 is 37.9 Å². The molecule has 8 heteroatoms. The quantitative estimate of drug-likeness (QED) is 0.466. The Balaban J connectivity index is 1.75. The van der Waals surface area contributed by atoms with Gasteiger partial charge in [0.2, 0.25) is 0 Å². The topological polar surface area (TPSA) is 81.5 Å². The maximum atomic E-state index is 9.40. The Labute approximate surface area is 176 Å². The van der Waals surface area contributed by atoms with E-state index < -0.39 is 0 Å². The van der Waals surface area contributed by atoms with Crippen LogP contribution in [0, 0.1) is 11.3 Å². The van der Waals surface area contributed by atoms with E-state index in [0.717, 1.165) is 51.8 Å². The number of nitriles is 1. The van der Waals surface area contributed by atoms with Crippen LogP contribution in [0.1, 0.15) is 37.2 Å². The van der Waals surface area contributed by atoms with Crippen LogP contribution in [-0.2, 0) is 11.3 Å². The Kier molecular flexibility index (Phi) is 4.57. The minimum Gasteiger partial charge on any atom is -0.378 e. The van der Waals surface area contributed by atoms with Gasteiger partial charge in [-0.1, -0.05) is 0 Å². The number of imidazole rings is 1. The smallest absolute Gasteiger partial charge is 0.132 e. The summed E-state index contributed by atoms with van der Waals surface area (Å²) in [6.07, 6.45) is 5.80. The molecule has 1 aromatic carbocycles. The third-order valence-electron chi connectivity index (χ3n) is 5.45. The standard InChI is InChI=1S/C21H19BrN6O/c1-13-8-15(5-7-29-13)28-20(12-27-6-4-19(22)26-27)25-18-11-24-17-3-2-14(10-23)9-16(17)21(18)28/h2-4,6,9,11,13,15H,5,7-8,12H2,1H3/t13-,15-/m1/s1. The van der Waals surface area contributed by atoms with Crippen LogP contribution in [0.4, 0.5) is 0 Å². The fourth-order valence-electron chi connectivity index (χ4n) is 4.18. The molecule has 1 saturated heterocycles. The maximum Gasteiger partial charge on any atom is 0.132 e. The van der Waals surface area contributed by atoms with Crippen molar-refractivity contribution in [2.45, 2.75) is 38.5 Å². The average molecular weight is 451 g/mol. The summed E-state index contributed by atoms with van der Waals surface area (Å²) in [6, 6.07) is 10.1. The van der Waals surface area contributed by atoms with E-state index in [-0.39, 0.29) is 12.1 Å². The lowest BCUT2D eigenvalue weighted by atomic mass is 10.0. The first-order chi connectivity index (χ1) is 14.1. The number of aromatic nitrogens is 5. The van der Waals surface area contributed by atoms with E-state index in [4.69, 9.17) is 9.72 Å². The van der Waals surface area contributed by atoms with Crippen molar-refractivity contribution in [3.8, 4) is 6.07 Å². The summed E-state index contributed by atoms with van der Waals surface area (Å²) in [6.45, 7) is 3.40. The molecule has 0 spiro atoms. The number of nitrogens with zero attached hydrogens (tertiary/aromatic N) is 6. The molecule has 5 rings (SSSR count).